The van der Waals surface area contributed by atoms with E-state index in [0.29, 0.717) is 6.04 Å². The van der Waals surface area contributed by atoms with Crippen LogP contribution in [-0.2, 0) is 6.42 Å². The number of likely N-dealkylation sites (tertiary alicyclic amines) is 1. The van der Waals surface area contributed by atoms with Crippen LogP contribution in [0.1, 0.15) is 24.6 Å². The first-order valence-corrected chi connectivity index (χ1v) is 7.58. The van der Waals surface area contributed by atoms with Gasteiger partial charge in [-0.3, -0.25) is 0 Å². The maximum Gasteiger partial charge on any atom is 0.00793 e. The molecule has 1 aliphatic heterocycles. The lowest BCUT2D eigenvalue weighted by Gasteiger charge is -2.34. The molecule has 0 radical (unpaired) electrons. The highest BCUT2D eigenvalue weighted by Crippen LogP contribution is 2.18. The van der Waals surface area contributed by atoms with E-state index in [9.17, 15) is 0 Å². The predicted molar refractivity (Wildman–Crippen MR) is 75.7 cm³/mol. The smallest absolute Gasteiger partial charge is 0.00793 e. The van der Waals surface area contributed by atoms with Crippen molar-refractivity contribution in [3.05, 3.63) is 22.4 Å². The summed E-state index contributed by atoms with van der Waals surface area (Å²) in [5.41, 5.74) is 0. The number of hydrogen-bond acceptors (Lipinski definition) is 3. The van der Waals surface area contributed by atoms with Gasteiger partial charge in [-0.2, -0.15) is 0 Å². The number of hydrogen-bond donors (Lipinski definition) is 1. The van der Waals surface area contributed by atoms with Gasteiger partial charge >= 0.3 is 0 Å². The fourth-order valence-electron chi connectivity index (χ4n) is 2.66. The number of nitrogens with one attached hydrogen (secondary N) is 1. The van der Waals surface area contributed by atoms with Crippen molar-refractivity contribution in [1.82, 2.24) is 10.2 Å². The lowest BCUT2D eigenvalue weighted by Crippen LogP contribution is -2.43. The first kappa shape index (κ1) is 13.1. The molecule has 17 heavy (non-hydrogen) atoms. The molecular weight excluding hydrogens is 228 g/mol. The van der Waals surface area contributed by atoms with Gasteiger partial charge in [0.15, 0.2) is 0 Å². The second-order valence-corrected chi connectivity index (χ2v) is 6.27. The van der Waals surface area contributed by atoms with Crippen molar-refractivity contribution < 1.29 is 0 Å². The minimum Gasteiger partial charge on any atom is -0.314 e. The van der Waals surface area contributed by atoms with E-state index in [2.05, 4.69) is 41.7 Å². The van der Waals surface area contributed by atoms with Gasteiger partial charge in [0.05, 0.1) is 0 Å². The Hall–Kier alpha value is -0.380. The van der Waals surface area contributed by atoms with Crippen LogP contribution in [0.3, 0.4) is 0 Å². The Kier molecular flexibility index (Phi) is 5.01. The Morgan fingerprint density at radius 2 is 2.47 bits per heavy atom. The molecule has 0 amide bonds. The van der Waals surface area contributed by atoms with Gasteiger partial charge in [0.2, 0.25) is 0 Å². The van der Waals surface area contributed by atoms with Crippen molar-refractivity contribution >= 4 is 11.3 Å². The molecule has 0 saturated carbocycles. The van der Waals surface area contributed by atoms with Gasteiger partial charge in [0.25, 0.3) is 0 Å². The molecule has 0 aromatic carbocycles. The molecule has 2 rings (SSSR count). The molecule has 1 fully saturated rings. The normalized spacial score (nSPS) is 23.8. The quantitative estimate of drug-likeness (QED) is 0.866. The topological polar surface area (TPSA) is 15.3 Å². The Labute approximate surface area is 109 Å². The highest BCUT2D eigenvalue weighted by Gasteiger charge is 2.22. The number of rotatable bonds is 5. The van der Waals surface area contributed by atoms with Crippen LogP contribution in [0.25, 0.3) is 0 Å². The van der Waals surface area contributed by atoms with Crippen LogP contribution in [0.4, 0.5) is 0 Å². The van der Waals surface area contributed by atoms with Gasteiger partial charge in [-0.25, -0.2) is 0 Å². The average molecular weight is 252 g/mol. The summed E-state index contributed by atoms with van der Waals surface area (Å²) < 4.78 is 0. The minimum atomic E-state index is 0.651. The maximum atomic E-state index is 3.69. The Balaban J connectivity index is 1.68. The zero-order valence-electron chi connectivity index (χ0n) is 11.0. The average Bonchev–Trinajstić information content (AvgIpc) is 2.82. The van der Waals surface area contributed by atoms with E-state index in [1.54, 1.807) is 0 Å². The van der Waals surface area contributed by atoms with Gasteiger partial charge in [0.1, 0.15) is 0 Å². The van der Waals surface area contributed by atoms with Crippen molar-refractivity contribution in [2.75, 3.05) is 26.7 Å². The summed E-state index contributed by atoms with van der Waals surface area (Å²) in [6.45, 7) is 5.99. The maximum absolute atomic E-state index is 3.69. The van der Waals surface area contributed by atoms with Crippen LogP contribution >= 0.6 is 11.3 Å². The van der Waals surface area contributed by atoms with Crippen LogP contribution < -0.4 is 5.32 Å². The molecule has 2 nitrogen and oxygen atoms in total. The van der Waals surface area contributed by atoms with Crippen LogP contribution in [0.5, 0.6) is 0 Å². The molecule has 0 spiro atoms. The Bertz CT molecular complexity index is 310. The number of thiophene rings is 1. The molecule has 3 heteroatoms. The monoisotopic (exact) mass is 252 g/mol. The van der Waals surface area contributed by atoms with Crippen molar-refractivity contribution in [3.8, 4) is 0 Å². The molecule has 1 aromatic heterocycles. The van der Waals surface area contributed by atoms with E-state index in [1.165, 1.54) is 37.2 Å². The van der Waals surface area contributed by atoms with Gasteiger partial charge < -0.3 is 10.2 Å². The van der Waals surface area contributed by atoms with E-state index in [0.717, 1.165) is 12.5 Å². The van der Waals surface area contributed by atoms with Crippen molar-refractivity contribution in [3.63, 3.8) is 0 Å². The van der Waals surface area contributed by atoms with Crippen molar-refractivity contribution in [2.24, 2.45) is 5.92 Å². The fourth-order valence-corrected chi connectivity index (χ4v) is 3.37. The van der Waals surface area contributed by atoms with Gasteiger partial charge in [-0.15, -0.1) is 11.3 Å². The Morgan fingerprint density at radius 3 is 3.18 bits per heavy atom. The summed E-state index contributed by atoms with van der Waals surface area (Å²) in [6, 6.07) is 5.02. The summed E-state index contributed by atoms with van der Waals surface area (Å²) in [5.74, 6) is 0.831. The standard InChI is InChI=1S/C14H24N2S/c1-12(13-5-3-9-16(2)11-13)15-8-7-14-6-4-10-17-14/h4,6,10,12-13,15H,3,5,7-9,11H2,1-2H3. The van der Waals surface area contributed by atoms with Crippen molar-refractivity contribution in [1.29, 1.82) is 0 Å². The largest absolute Gasteiger partial charge is 0.314 e. The zero-order valence-corrected chi connectivity index (χ0v) is 11.8. The lowest BCUT2D eigenvalue weighted by molar-refractivity contribution is 0.179. The van der Waals surface area contributed by atoms with E-state index in [1.807, 2.05) is 11.3 Å². The zero-order chi connectivity index (χ0) is 12.1. The first-order chi connectivity index (χ1) is 8.25. The van der Waals surface area contributed by atoms with Gasteiger partial charge in [0, 0.05) is 24.0 Å². The van der Waals surface area contributed by atoms with E-state index in [-0.39, 0.29) is 0 Å². The van der Waals surface area contributed by atoms with Crippen LogP contribution in [0.2, 0.25) is 0 Å². The highest BCUT2D eigenvalue weighted by atomic mass is 32.1. The summed E-state index contributed by atoms with van der Waals surface area (Å²) >= 11 is 1.86. The second-order valence-electron chi connectivity index (χ2n) is 5.24. The summed E-state index contributed by atoms with van der Waals surface area (Å²) in [6.07, 6.45) is 3.92. The lowest BCUT2D eigenvalue weighted by atomic mass is 9.92. The molecule has 2 heterocycles. The summed E-state index contributed by atoms with van der Waals surface area (Å²) in [7, 11) is 2.24. The molecule has 0 aliphatic carbocycles. The molecule has 96 valence electrons. The molecule has 0 bridgehead atoms. The molecule has 2 atom stereocenters. The predicted octanol–water partition coefficient (Wildman–Crippen LogP) is 2.61. The van der Waals surface area contributed by atoms with E-state index in [4.69, 9.17) is 0 Å². The fraction of sp³-hybridized carbons (Fsp3) is 0.714. The SMILES string of the molecule is CC(NCCc1cccs1)C1CCCN(C)C1. The van der Waals surface area contributed by atoms with Crippen LogP contribution in [0, 0.1) is 5.92 Å². The highest BCUT2D eigenvalue weighted by molar-refractivity contribution is 7.09. The third-order valence-corrected chi connectivity index (χ3v) is 4.72. The third kappa shape index (κ3) is 4.09. The molecule has 1 aromatic rings. The summed E-state index contributed by atoms with van der Waals surface area (Å²) in [5, 5.41) is 5.85. The molecule has 1 saturated heterocycles. The second kappa shape index (κ2) is 6.53. The minimum absolute atomic E-state index is 0.651. The van der Waals surface area contributed by atoms with E-state index >= 15 is 0 Å². The molecule has 2 unspecified atom stereocenters. The molecule has 1 aliphatic rings. The molecular formula is C14H24N2S. The van der Waals surface area contributed by atoms with Crippen LogP contribution in [-0.4, -0.2) is 37.6 Å². The first-order valence-electron chi connectivity index (χ1n) is 6.70. The van der Waals surface area contributed by atoms with Crippen molar-refractivity contribution in [2.45, 2.75) is 32.2 Å². The van der Waals surface area contributed by atoms with Crippen LogP contribution in [0.15, 0.2) is 17.5 Å². The molecule has 1 N–H and O–H groups in total. The third-order valence-electron chi connectivity index (χ3n) is 3.79. The van der Waals surface area contributed by atoms with E-state index < -0.39 is 0 Å². The van der Waals surface area contributed by atoms with Gasteiger partial charge in [-0.05, 0) is 57.1 Å². The number of nitrogens with zero attached hydrogens (tertiary/aromatic N) is 1. The summed E-state index contributed by atoms with van der Waals surface area (Å²) in [4.78, 5) is 3.96. The number of piperidine rings is 1. The van der Waals surface area contributed by atoms with Gasteiger partial charge in [-0.1, -0.05) is 6.07 Å². The Morgan fingerprint density at radius 1 is 1.59 bits per heavy atom.